The Kier molecular flexibility index (Phi) is 6.85. The number of halogens is 3. The van der Waals surface area contributed by atoms with Crippen LogP contribution in [-0.2, 0) is 6.54 Å². The Morgan fingerprint density at radius 3 is 2.42 bits per heavy atom. The zero-order valence-corrected chi connectivity index (χ0v) is 14.8. The van der Waals surface area contributed by atoms with Crippen molar-refractivity contribution in [1.82, 2.24) is 5.32 Å². The maximum Gasteiger partial charge on any atom is 0.387 e. The number of anilines is 1. The molecule has 140 valence electrons. The summed E-state index contributed by atoms with van der Waals surface area (Å²) in [5.41, 5.74) is 0.948. The van der Waals surface area contributed by atoms with E-state index in [-0.39, 0.29) is 18.0 Å². The van der Waals surface area contributed by atoms with Crippen molar-refractivity contribution in [2.75, 3.05) is 19.5 Å². The summed E-state index contributed by atoms with van der Waals surface area (Å²) in [5.74, 6) is 0.502. The first-order chi connectivity index (χ1) is 12.4. The van der Waals surface area contributed by atoms with Gasteiger partial charge >= 0.3 is 12.6 Å². The van der Waals surface area contributed by atoms with E-state index in [1.807, 2.05) is 0 Å². The second-order valence-electron chi connectivity index (χ2n) is 5.02. The van der Waals surface area contributed by atoms with Gasteiger partial charge in [-0.2, -0.15) is 8.78 Å². The van der Waals surface area contributed by atoms with Crippen LogP contribution >= 0.6 is 11.6 Å². The number of rotatable bonds is 7. The Balaban J connectivity index is 2.02. The van der Waals surface area contributed by atoms with Gasteiger partial charge in [-0.1, -0.05) is 17.7 Å². The molecule has 2 rings (SSSR count). The normalized spacial score (nSPS) is 10.4. The molecule has 26 heavy (non-hydrogen) atoms. The van der Waals surface area contributed by atoms with Gasteiger partial charge in [0.1, 0.15) is 5.75 Å². The molecule has 2 aromatic carbocycles. The van der Waals surface area contributed by atoms with Crippen LogP contribution in [0.5, 0.6) is 17.2 Å². The van der Waals surface area contributed by atoms with Crippen molar-refractivity contribution in [2.45, 2.75) is 13.2 Å². The van der Waals surface area contributed by atoms with E-state index in [1.54, 1.807) is 24.3 Å². The van der Waals surface area contributed by atoms with Gasteiger partial charge in [0.15, 0.2) is 11.5 Å². The Bertz CT molecular complexity index is 774. The summed E-state index contributed by atoms with van der Waals surface area (Å²) in [7, 11) is 2.81. The Morgan fingerprint density at radius 2 is 1.77 bits per heavy atom. The summed E-state index contributed by atoms with van der Waals surface area (Å²) in [4.78, 5) is 12.1. The molecule has 0 aliphatic heterocycles. The number of carbonyl (C=O) groups excluding carboxylic acids is 1. The van der Waals surface area contributed by atoms with Crippen LogP contribution < -0.4 is 24.8 Å². The molecule has 0 fully saturated rings. The van der Waals surface area contributed by atoms with Crippen molar-refractivity contribution in [3.05, 3.63) is 47.0 Å². The second-order valence-corrected chi connectivity index (χ2v) is 5.45. The lowest BCUT2D eigenvalue weighted by molar-refractivity contribution is -0.0512. The van der Waals surface area contributed by atoms with Gasteiger partial charge in [0, 0.05) is 11.6 Å². The first-order valence-corrected chi connectivity index (χ1v) is 7.81. The van der Waals surface area contributed by atoms with Crippen molar-refractivity contribution in [3.63, 3.8) is 0 Å². The fraction of sp³-hybridized carbons (Fsp3) is 0.235. The molecule has 2 amide bonds. The average molecular weight is 387 g/mol. The van der Waals surface area contributed by atoms with Gasteiger partial charge in [0.05, 0.1) is 19.9 Å². The van der Waals surface area contributed by atoms with Crippen LogP contribution in [0.2, 0.25) is 5.02 Å². The van der Waals surface area contributed by atoms with Gasteiger partial charge in [-0.25, -0.2) is 4.79 Å². The molecular formula is C17H17ClF2N2O4. The van der Waals surface area contributed by atoms with Gasteiger partial charge in [-0.15, -0.1) is 0 Å². The molecular weight excluding hydrogens is 370 g/mol. The molecule has 0 heterocycles. The van der Waals surface area contributed by atoms with Crippen LogP contribution in [-0.4, -0.2) is 26.9 Å². The minimum absolute atomic E-state index is 0.0817. The predicted molar refractivity (Wildman–Crippen MR) is 93.5 cm³/mol. The van der Waals surface area contributed by atoms with E-state index in [9.17, 15) is 13.6 Å². The lowest BCUT2D eigenvalue weighted by Crippen LogP contribution is -2.28. The highest BCUT2D eigenvalue weighted by atomic mass is 35.5. The molecule has 9 heteroatoms. The van der Waals surface area contributed by atoms with Crippen LogP contribution in [0.15, 0.2) is 36.4 Å². The number of methoxy groups -OCH3 is 2. The van der Waals surface area contributed by atoms with Crippen molar-refractivity contribution in [3.8, 4) is 17.2 Å². The minimum Gasteiger partial charge on any atom is -0.495 e. The van der Waals surface area contributed by atoms with Gasteiger partial charge in [-0.05, 0) is 35.9 Å². The SMILES string of the molecule is COc1ccc(Cl)cc1NC(=O)NCc1ccc(OC)c(OC(F)F)c1. The lowest BCUT2D eigenvalue weighted by Gasteiger charge is -2.13. The number of nitrogens with one attached hydrogen (secondary N) is 2. The van der Waals surface area contributed by atoms with E-state index in [0.717, 1.165) is 0 Å². The van der Waals surface area contributed by atoms with Crippen LogP contribution in [0.4, 0.5) is 19.3 Å². The average Bonchev–Trinajstić information content (AvgIpc) is 2.60. The minimum atomic E-state index is -2.98. The molecule has 0 bridgehead atoms. The summed E-state index contributed by atoms with van der Waals surface area (Å²) < 4.78 is 39.4. The van der Waals surface area contributed by atoms with E-state index in [0.29, 0.717) is 22.0 Å². The zero-order valence-electron chi connectivity index (χ0n) is 14.0. The van der Waals surface area contributed by atoms with Crippen LogP contribution in [0.3, 0.4) is 0 Å². The molecule has 0 saturated heterocycles. The first-order valence-electron chi connectivity index (χ1n) is 7.43. The van der Waals surface area contributed by atoms with Crippen molar-refractivity contribution in [1.29, 1.82) is 0 Å². The van der Waals surface area contributed by atoms with Crippen molar-refractivity contribution < 1.29 is 27.8 Å². The fourth-order valence-electron chi connectivity index (χ4n) is 2.15. The first kappa shape index (κ1) is 19.6. The molecule has 0 aromatic heterocycles. The third kappa shape index (κ3) is 5.38. The van der Waals surface area contributed by atoms with Crippen LogP contribution in [0.1, 0.15) is 5.56 Å². The molecule has 0 atom stereocenters. The van der Waals surface area contributed by atoms with Gasteiger partial charge < -0.3 is 24.8 Å². The van der Waals surface area contributed by atoms with E-state index in [1.165, 1.54) is 26.4 Å². The largest absolute Gasteiger partial charge is 0.495 e. The highest BCUT2D eigenvalue weighted by Gasteiger charge is 2.12. The lowest BCUT2D eigenvalue weighted by atomic mass is 10.2. The van der Waals surface area contributed by atoms with Crippen molar-refractivity contribution >= 4 is 23.3 Å². The molecule has 0 saturated carbocycles. The van der Waals surface area contributed by atoms with Crippen molar-refractivity contribution in [2.24, 2.45) is 0 Å². The topological polar surface area (TPSA) is 68.8 Å². The number of urea groups is 1. The molecule has 0 radical (unpaired) electrons. The van der Waals surface area contributed by atoms with Gasteiger partial charge in [-0.3, -0.25) is 0 Å². The summed E-state index contributed by atoms with van der Waals surface area (Å²) in [6.07, 6.45) is 0. The Labute approximate surface area is 154 Å². The highest BCUT2D eigenvalue weighted by molar-refractivity contribution is 6.31. The van der Waals surface area contributed by atoms with Gasteiger partial charge in [0.2, 0.25) is 0 Å². The third-order valence-corrected chi connectivity index (χ3v) is 3.54. The van der Waals surface area contributed by atoms with E-state index in [4.69, 9.17) is 21.1 Å². The Morgan fingerprint density at radius 1 is 1.08 bits per heavy atom. The summed E-state index contributed by atoms with van der Waals surface area (Å²) in [6, 6.07) is 8.75. The van der Waals surface area contributed by atoms with E-state index >= 15 is 0 Å². The fourth-order valence-corrected chi connectivity index (χ4v) is 2.32. The number of alkyl halides is 2. The molecule has 6 nitrogen and oxygen atoms in total. The second kappa shape index (κ2) is 9.10. The maximum absolute atomic E-state index is 12.4. The molecule has 2 aromatic rings. The maximum atomic E-state index is 12.4. The van der Waals surface area contributed by atoms with E-state index < -0.39 is 12.6 Å². The number of hydrogen-bond donors (Lipinski definition) is 2. The predicted octanol–water partition coefficient (Wildman–Crippen LogP) is 4.28. The summed E-state index contributed by atoms with van der Waals surface area (Å²) >= 11 is 5.90. The summed E-state index contributed by atoms with van der Waals surface area (Å²) in [6.45, 7) is -2.90. The smallest absolute Gasteiger partial charge is 0.387 e. The quantitative estimate of drug-likeness (QED) is 0.745. The monoisotopic (exact) mass is 386 g/mol. The number of hydrogen-bond acceptors (Lipinski definition) is 4. The number of carbonyl (C=O) groups is 1. The molecule has 0 spiro atoms. The van der Waals surface area contributed by atoms with Gasteiger partial charge in [0.25, 0.3) is 0 Å². The van der Waals surface area contributed by atoms with Crippen LogP contribution in [0, 0.1) is 0 Å². The number of amides is 2. The highest BCUT2D eigenvalue weighted by Crippen LogP contribution is 2.30. The standard InChI is InChI=1S/C17H17ClF2N2O4/c1-24-13-6-4-11(18)8-12(13)22-17(23)21-9-10-3-5-14(25-2)15(7-10)26-16(19)20/h3-8,16H,9H2,1-2H3,(H2,21,22,23). The molecule has 2 N–H and O–H groups in total. The van der Waals surface area contributed by atoms with E-state index in [2.05, 4.69) is 15.4 Å². The molecule has 0 aliphatic rings. The summed E-state index contributed by atoms with van der Waals surface area (Å²) in [5, 5.41) is 5.65. The van der Waals surface area contributed by atoms with Crippen LogP contribution in [0.25, 0.3) is 0 Å². The zero-order chi connectivity index (χ0) is 19.1. The number of benzene rings is 2. The molecule has 0 aliphatic carbocycles. The third-order valence-electron chi connectivity index (χ3n) is 3.31. The molecule has 0 unspecified atom stereocenters. The Hall–Kier alpha value is -2.74. The number of ether oxygens (including phenoxy) is 3.